The Morgan fingerprint density at radius 3 is 2.74 bits per heavy atom. The summed E-state index contributed by atoms with van der Waals surface area (Å²) in [5.41, 5.74) is 1.02. The zero-order chi connectivity index (χ0) is 13.8. The van der Waals surface area contributed by atoms with E-state index in [4.69, 9.17) is 5.11 Å². The maximum absolute atomic E-state index is 11.8. The third-order valence-electron chi connectivity index (χ3n) is 2.34. The van der Waals surface area contributed by atoms with Gasteiger partial charge < -0.3 is 10.4 Å². The molecule has 0 spiro atoms. The fraction of sp³-hybridized carbons (Fsp3) is 0.167. The largest absolute Gasteiger partial charge is 0.477 e. The van der Waals surface area contributed by atoms with Crippen molar-refractivity contribution in [3.05, 3.63) is 45.7 Å². The van der Waals surface area contributed by atoms with Gasteiger partial charge >= 0.3 is 5.97 Å². The van der Waals surface area contributed by atoms with Crippen LogP contribution in [0.1, 0.15) is 31.5 Å². The van der Waals surface area contributed by atoms with Crippen LogP contribution in [0, 0.1) is 6.92 Å². The summed E-state index contributed by atoms with van der Waals surface area (Å²) in [6.07, 6.45) is 1.24. The number of carboxylic acids is 1. The molecule has 0 bridgehead atoms. The molecule has 1 amide bonds. The van der Waals surface area contributed by atoms with Gasteiger partial charge in [-0.15, -0.1) is 11.3 Å². The lowest BCUT2D eigenvalue weighted by molar-refractivity contribution is 0.0689. The quantitative estimate of drug-likeness (QED) is 0.883. The Hall–Kier alpha value is -2.28. The fourth-order valence-electron chi connectivity index (χ4n) is 1.42. The number of carbonyl (C=O) groups excluding carboxylic acids is 1. The number of thiazole rings is 1. The van der Waals surface area contributed by atoms with E-state index < -0.39 is 5.97 Å². The van der Waals surface area contributed by atoms with Gasteiger partial charge in [-0.25, -0.2) is 14.8 Å². The molecular formula is C12H11N3O3S. The molecule has 0 aliphatic heterocycles. The van der Waals surface area contributed by atoms with E-state index in [0.29, 0.717) is 12.1 Å². The topological polar surface area (TPSA) is 92.2 Å². The molecule has 2 aromatic heterocycles. The summed E-state index contributed by atoms with van der Waals surface area (Å²) in [7, 11) is 0. The number of carbonyl (C=O) groups is 2. The third-order valence-corrected chi connectivity index (χ3v) is 3.16. The second-order valence-electron chi connectivity index (χ2n) is 3.78. The number of aryl methyl sites for hydroxylation is 1. The maximum atomic E-state index is 11.8. The zero-order valence-corrected chi connectivity index (χ0v) is 10.9. The second kappa shape index (κ2) is 5.57. The summed E-state index contributed by atoms with van der Waals surface area (Å²) in [4.78, 5) is 30.3. The van der Waals surface area contributed by atoms with Crippen LogP contribution in [-0.4, -0.2) is 27.0 Å². The normalized spacial score (nSPS) is 10.2. The van der Waals surface area contributed by atoms with Gasteiger partial charge in [0.2, 0.25) is 0 Å². The number of rotatable bonds is 4. The molecule has 0 saturated heterocycles. The Morgan fingerprint density at radius 2 is 2.21 bits per heavy atom. The molecule has 0 unspecified atom stereocenters. The molecule has 2 rings (SSSR count). The first-order valence-corrected chi connectivity index (χ1v) is 6.33. The van der Waals surface area contributed by atoms with Gasteiger partial charge in [0, 0.05) is 11.6 Å². The van der Waals surface area contributed by atoms with Crippen molar-refractivity contribution in [1.82, 2.24) is 15.3 Å². The first kappa shape index (κ1) is 13.2. The molecule has 0 aliphatic rings. The maximum Gasteiger partial charge on any atom is 0.354 e. The van der Waals surface area contributed by atoms with E-state index in [0.717, 1.165) is 10.7 Å². The van der Waals surface area contributed by atoms with E-state index >= 15 is 0 Å². The molecule has 2 aromatic rings. The smallest absolute Gasteiger partial charge is 0.354 e. The number of hydrogen-bond donors (Lipinski definition) is 2. The highest BCUT2D eigenvalue weighted by Crippen LogP contribution is 2.08. The van der Waals surface area contributed by atoms with Crippen LogP contribution in [-0.2, 0) is 6.54 Å². The Labute approximate surface area is 113 Å². The van der Waals surface area contributed by atoms with Crippen LogP contribution < -0.4 is 5.32 Å². The van der Waals surface area contributed by atoms with Crippen molar-refractivity contribution in [3.8, 4) is 0 Å². The van der Waals surface area contributed by atoms with E-state index in [2.05, 4.69) is 15.3 Å². The highest BCUT2D eigenvalue weighted by atomic mass is 32.1. The van der Waals surface area contributed by atoms with Crippen molar-refractivity contribution in [2.75, 3.05) is 0 Å². The molecule has 19 heavy (non-hydrogen) atoms. The van der Waals surface area contributed by atoms with Crippen LogP contribution in [0.25, 0.3) is 0 Å². The van der Waals surface area contributed by atoms with Crippen LogP contribution in [0.2, 0.25) is 0 Å². The molecule has 0 aliphatic carbocycles. The van der Waals surface area contributed by atoms with Crippen molar-refractivity contribution in [3.63, 3.8) is 0 Å². The van der Waals surface area contributed by atoms with Gasteiger partial charge in [-0.1, -0.05) is 0 Å². The van der Waals surface area contributed by atoms with Crippen molar-refractivity contribution < 1.29 is 14.7 Å². The zero-order valence-electron chi connectivity index (χ0n) is 10.1. The number of carboxylic acid groups (broad SMARTS) is 1. The van der Waals surface area contributed by atoms with Gasteiger partial charge in [0.05, 0.1) is 22.8 Å². The lowest BCUT2D eigenvalue weighted by atomic mass is 10.2. The van der Waals surface area contributed by atoms with Crippen LogP contribution in [0.3, 0.4) is 0 Å². The predicted molar refractivity (Wildman–Crippen MR) is 69.2 cm³/mol. The average Bonchev–Trinajstić information content (AvgIpc) is 2.82. The molecule has 2 N–H and O–H groups in total. The monoisotopic (exact) mass is 277 g/mol. The van der Waals surface area contributed by atoms with Gasteiger partial charge in [0.25, 0.3) is 5.91 Å². The molecule has 0 fully saturated rings. The minimum absolute atomic E-state index is 0.0910. The standard InChI is InChI=1S/C12H11N3O3S/c1-7-15-9(6-19-7)5-14-11(16)8-2-3-10(12(17)18)13-4-8/h2-4,6H,5H2,1H3,(H,14,16)(H,17,18). The molecular weight excluding hydrogens is 266 g/mol. The Morgan fingerprint density at radius 1 is 1.42 bits per heavy atom. The van der Waals surface area contributed by atoms with Crippen molar-refractivity contribution >= 4 is 23.2 Å². The van der Waals surface area contributed by atoms with Gasteiger partial charge in [-0.3, -0.25) is 4.79 Å². The summed E-state index contributed by atoms with van der Waals surface area (Å²) in [6, 6.07) is 2.72. The van der Waals surface area contributed by atoms with Crippen molar-refractivity contribution in [1.29, 1.82) is 0 Å². The van der Waals surface area contributed by atoms with Crippen LogP contribution >= 0.6 is 11.3 Å². The van der Waals surface area contributed by atoms with E-state index in [1.807, 2.05) is 12.3 Å². The fourth-order valence-corrected chi connectivity index (χ4v) is 2.03. The molecule has 0 aromatic carbocycles. The van der Waals surface area contributed by atoms with Crippen molar-refractivity contribution in [2.24, 2.45) is 0 Å². The minimum Gasteiger partial charge on any atom is -0.477 e. The SMILES string of the molecule is Cc1nc(CNC(=O)c2ccc(C(=O)O)nc2)cs1. The molecule has 0 radical (unpaired) electrons. The highest BCUT2D eigenvalue weighted by molar-refractivity contribution is 7.09. The number of hydrogen-bond acceptors (Lipinski definition) is 5. The summed E-state index contributed by atoms with van der Waals surface area (Å²) >= 11 is 1.52. The molecule has 6 nitrogen and oxygen atoms in total. The van der Waals surface area contributed by atoms with Crippen LogP contribution in [0.4, 0.5) is 0 Å². The lowest BCUT2D eigenvalue weighted by Gasteiger charge is -2.03. The third kappa shape index (κ3) is 3.35. The van der Waals surface area contributed by atoms with E-state index in [1.165, 1.54) is 29.7 Å². The number of nitrogens with zero attached hydrogens (tertiary/aromatic N) is 2. The first-order chi connectivity index (χ1) is 9.06. The number of aromatic carboxylic acids is 1. The highest BCUT2D eigenvalue weighted by Gasteiger charge is 2.09. The van der Waals surface area contributed by atoms with E-state index in [9.17, 15) is 9.59 Å². The second-order valence-corrected chi connectivity index (χ2v) is 4.84. The molecule has 2 heterocycles. The number of pyridine rings is 1. The van der Waals surface area contributed by atoms with Crippen LogP contribution in [0.15, 0.2) is 23.7 Å². The summed E-state index contributed by atoms with van der Waals surface area (Å²) in [6.45, 7) is 2.23. The van der Waals surface area contributed by atoms with Gasteiger partial charge in [-0.2, -0.15) is 0 Å². The molecule has 0 atom stereocenters. The molecule has 0 saturated carbocycles. The Balaban J connectivity index is 1.98. The number of aromatic nitrogens is 2. The van der Waals surface area contributed by atoms with Crippen LogP contribution in [0.5, 0.6) is 0 Å². The Bertz CT molecular complexity index is 607. The first-order valence-electron chi connectivity index (χ1n) is 5.45. The van der Waals surface area contributed by atoms with Gasteiger partial charge in [0.1, 0.15) is 5.69 Å². The summed E-state index contributed by atoms with van der Waals surface area (Å²) in [5.74, 6) is -1.43. The lowest BCUT2D eigenvalue weighted by Crippen LogP contribution is -2.23. The Kier molecular flexibility index (Phi) is 3.86. The van der Waals surface area contributed by atoms with E-state index in [-0.39, 0.29) is 11.6 Å². The van der Waals surface area contributed by atoms with Gasteiger partial charge in [-0.05, 0) is 19.1 Å². The minimum atomic E-state index is -1.12. The number of amides is 1. The van der Waals surface area contributed by atoms with Gasteiger partial charge in [0.15, 0.2) is 0 Å². The molecule has 7 heteroatoms. The molecule has 98 valence electrons. The van der Waals surface area contributed by atoms with Crippen molar-refractivity contribution in [2.45, 2.75) is 13.5 Å². The average molecular weight is 277 g/mol. The van der Waals surface area contributed by atoms with E-state index in [1.54, 1.807) is 0 Å². The predicted octanol–water partition coefficient (Wildman–Crippen LogP) is 1.47. The summed E-state index contributed by atoms with van der Waals surface area (Å²) < 4.78 is 0. The summed E-state index contributed by atoms with van der Waals surface area (Å²) in [5, 5.41) is 14.2. The number of nitrogens with one attached hydrogen (secondary N) is 1.